The van der Waals surface area contributed by atoms with Crippen LogP contribution in [0.25, 0.3) is 16.7 Å². The Bertz CT molecular complexity index is 1400. The largest absolute Gasteiger partial charge is 0.332 e. The summed E-state index contributed by atoms with van der Waals surface area (Å²) in [6.45, 7) is 2.20. The molecule has 4 aromatic rings. The van der Waals surface area contributed by atoms with Gasteiger partial charge in [0.1, 0.15) is 11.6 Å². The summed E-state index contributed by atoms with van der Waals surface area (Å²) in [6, 6.07) is 8.65. The molecule has 1 unspecified atom stereocenters. The lowest BCUT2D eigenvalue weighted by Gasteiger charge is -2.57. The van der Waals surface area contributed by atoms with Gasteiger partial charge in [0, 0.05) is 24.3 Å². The first kappa shape index (κ1) is 21.8. The summed E-state index contributed by atoms with van der Waals surface area (Å²) in [6.07, 6.45) is 8.01. The van der Waals surface area contributed by atoms with Gasteiger partial charge in [0.25, 0.3) is 5.91 Å². The second kappa shape index (κ2) is 8.48. The number of hydrogen-bond donors (Lipinski definition) is 0. The minimum atomic E-state index is -0.472. The molecule has 7 nitrogen and oxygen atoms in total. The van der Waals surface area contributed by atoms with Crippen molar-refractivity contribution in [3.05, 3.63) is 77.9 Å². The SMILES string of the molecule is C[C@@H]1C2CC(C2)N(C(=O)c2cc(F)ccc2-n2nccn2)C1CCc1cnc2cc(F)ccc2n1. The van der Waals surface area contributed by atoms with Crippen molar-refractivity contribution >= 4 is 16.9 Å². The van der Waals surface area contributed by atoms with Gasteiger partial charge in [-0.05, 0) is 67.9 Å². The predicted molar refractivity (Wildman–Crippen MR) is 125 cm³/mol. The van der Waals surface area contributed by atoms with Gasteiger partial charge in [-0.1, -0.05) is 6.92 Å². The fraction of sp³-hybridized carbons (Fsp3) is 0.346. The molecule has 2 aromatic carbocycles. The number of aromatic nitrogens is 5. The van der Waals surface area contributed by atoms with Crippen molar-refractivity contribution in [3.8, 4) is 5.69 Å². The van der Waals surface area contributed by atoms with E-state index in [0.29, 0.717) is 41.4 Å². The normalized spacial score (nSPS) is 23.3. The Labute approximate surface area is 200 Å². The van der Waals surface area contributed by atoms with Crippen LogP contribution in [0.1, 0.15) is 42.2 Å². The van der Waals surface area contributed by atoms with E-state index in [4.69, 9.17) is 0 Å². The van der Waals surface area contributed by atoms with Crippen LogP contribution in [0.2, 0.25) is 0 Å². The number of nitrogens with zero attached hydrogens (tertiary/aromatic N) is 6. The van der Waals surface area contributed by atoms with E-state index in [0.717, 1.165) is 18.5 Å². The molecule has 35 heavy (non-hydrogen) atoms. The second-order valence-electron chi connectivity index (χ2n) is 9.54. The summed E-state index contributed by atoms with van der Waals surface area (Å²) in [5.41, 5.74) is 2.68. The highest BCUT2D eigenvalue weighted by molar-refractivity contribution is 5.98. The lowest BCUT2D eigenvalue weighted by atomic mass is 9.63. The van der Waals surface area contributed by atoms with Gasteiger partial charge in [-0.2, -0.15) is 15.0 Å². The average molecular weight is 475 g/mol. The Morgan fingerprint density at radius 1 is 1.03 bits per heavy atom. The number of carbonyl (C=O) groups excluding carboxylic acids is 1. The van der Waals surface area contributed by atoms with Gasteiger partial charge < -0.3 is 4.90 Å². The maximum atomic E-state index is 14.3. The van der Waals surface area contributed by atoms with Gasteiger partial charge in [0.15, 0.2) is 0 Å². The molecule has 2 atom stereocenters. The highest BCUT2D eigenvalue weighted by Crippen LogP contribution is 2.48. The van der Waals surface area contributed by atoms with Gasteiger partial charge in [-0.25, -0.2) is 13.8 Å². The van der Waals surface area contributed by atoms with Crippen LogP contribution in [-0.4, -0.2) is 47.9 Å². The minimum Gasteiger partial charge on any atom is -0.332 e. The quantitative estimate of drug-likeness (QED) is 0.430. The molecule has 2 aromatic heterocycles. The Morgan fingerprint density at radius 2 is 1.77 bits per heavy atom. The van der Waals surface area contributed by atoms with Crippen molar-refractivity contribution in [1.29, 1.82) is 0 Å². The summed E-state index contributed by atoms with van der Waals surface area (Å²) >= 11 is 0. The van der Waals surface area contributed by atoms with Crippen molar-refractivity contribution in [2.24, 2.45) is 11.8 Å². The summed E-state index contributed by atoms with van der Waals surface area (Å²) < 4.78 is 27.7. The Kier molecular flexibility index (Phi) is 5.27. The molecule has 3 aliphatic rings. The molecule has 3 fully saturated rings. The Balaban J connectivity index is 1.29. The molecule has 0 spiro atoms. The van der Waals surface area contributed by atoms with Crippen LogP contribution < -0.4 is 0 Å². The fourth-order valence-electron chi connectivity index (χ4n) is 5.61. The fourth-order valence-corrected chi connectivity index (χ4v) is 5.61. The summed E-state index contributed by atoms with van der Waals surface area (Å²) in [5.74, 6) is -0.117. The first-order valence-electron chi connectivity index (χ1n) is 11.9. The molecule has 178 valence electrons. The van der Waals surface area contributed by atoms with Gasteiger partial charge in [0.2, 0.25) is 0 Å². The van der Waals surface area contributed by atoms with E-state index in [1.165, 1.54) is 41.5 Å². The van der Waals surface area contributed by atoms with Gasteiger partial charge >= 0.3 is 0 Å². The van der Waals surface area contributed by atoms with Crippen LogP contribution in [0, 0.1) is 23.5 Å². The second-order valence-corrected chi connectivity index (χ2v) is 9.54. The molecule has 7 rings (SSSR count). The standard InChI is InChI=1S/C26H24F2N6O/c1-15-16-10-20(11-16)33(26(35)21-12-17(27)3-6-25(21)34-30-8-9-31-34)24(15)7-4-19-14-29-23-13-18(28)2-5-22(23)32-19/h2-3,5-6,8-9,12-16,20,24H,4,7,10-11H2,1H3/t15-,16?,20?,24?/m1/s1. The third-order valence-corrected chi connectivity index (χ3v) is 7.56. The number of benzene rings is 2. The first-order chi connectivity index (χ1) is 17.0. The van der Waals surface area contributed by atoms with Crippen LogP contribution in [0.15, 0.2) is 55.0 Å². The van der Waals surface area contributed by atoms with Crippen molar-refractivity contribution in [3.63, 3.8) is 0 Å². The molecule has 0 radical (unpaired) electrons. The zero-order chi connectivity index (χ0) is 24.1. The number of rotatable bonds is 5. The minimum absolute atomic E-state index is 0.00703. The molecule has 1 amide bonds. The zero-order valence-electron chi connectivity index (χ0n) is 19.2. The molecule has 9 heteroatoms. The van der Waals surface area contributed by atoms with E-state index in [-0.39, 0.29) is 29.4 Å². The molecule has 1 saturated carbocycles. The van der Waals surface area contributed by atoms with Crippen LogP contribution in [0.3, 0.4) is 0 Å². The lowest BCUT2D eigenvalue weighted by molar-refractivity contribution is -0.0571. The predicted octanol–water partition coefficient (Wildman–Crippen LogP) is 4.36. The zero-order valence-corrected chi connectivity index (χ0v) is 19.2. The molecule has 0 N–H and O–H groups in total. The number of fused-ring (bicyclic) bond motifs is 3. The molecule has 2 bridgehead atoms. The van der Waals surface area contributed by atoms with E-state index >= 15 is 0 Å². The molecular formula is C26H24F2N6O. The number of amides is 1. The average Bonchev–Trinajstić information content (AvgIpc) is 3.36. The van der Waals surface area contributed by atoms with Crippen LogP contribution in [0.5, 0.6) is 0 Å². The van der Waals surface area contributed by atoms with Crippen LogP contribution in [0.4, 0.5) is 8.78 Å². The third kappa shape index (κ3) is 3.84. The maximum absolute atomic E-state index is 14.3. The van der Waals surface area contributed by atoms with E-state index < -0.39 is 5.82 Å². The van der Waals surface area contributed by atoms with Crippen molar-refractivity contribution < 1.29 is 13.6 Å². The molecule has 2 aliphatic heterocycles. The first-order valence-corrected chi connectivity index (χ1v) is 11.9. The highest BCUT2D eigenvalue weighted by Gasteiger charge is 2.50. The van der Waals surface area contributed by atoms with E-state index in [2.05, 4.69) is 27.1 Å². The number of piperidine rings is 2. The highest BCUT2D eigenvalue weighted by atomic mass is 19.1. The lowest BCUT2D eigenvalue weighted by Crippen LogP contribution is -2.63. The molecule has 2 saturated heterocycles. The summed E-state index contributed by atoms with van der Waals surface area (Å²) in [4.78, 5) is 26.2. The van der Waals surface area contributed by atoms with Crippen molar-refractivity contribution in [1.82, 2.24) is 29.9 Å². The Hall–Kier alpha value is -3.75. The molecule has 4 heterocycles. The number of carbonyl (C=O) groups is 1. The number of hydrogen-bond acceptors (Lipinski definition) is 5. The Morgan fingerprint density at radius 3 is 2.57 bits per heavy atom. The van der Waals surface area contributed by atoms with Crippen LogP contribution >= 0.6 is 0 Å². The monoisotopic (exact) mass is 474 g/mol. The maximum Gasteiger partial charge on any atom is 0.256 e. The van der Waals surface area contributed by atoms with E-state index in [1.807, 2.05) is 4.90 Å². The summed E-state index contributed by atoms with van der Waals surface area (Å²) in [7, 11) is 0. The third-order valence-electron chi connectivity index (χ3n) is 7.56. The van der Waals surface area contributed by atoms with Crippen molar-refractivity contribution in [2.45, 2.75) is 44.7 Å². The number of aryl methyl sites for hydroxylation is 1. The number of halogens is 2. The van der Waals surface area contributed by atoms with Gasteiger partial charge in [0.05, 0.1) is 40.4 Å². The molecular weight excluding hydrogens is 450 g/mol. The van der Waals surface area contributed by atoms with Crippen LogP contribution in [-0.2, 0) is 6.42 Å². The molecule has 1 aliphatic carbocycles. The summed E-state index contributed by atoms with van der Waals surface area (Å²) in [5, 5.41) is 8.29. The van der Waals surface area contributed by atoms with E-state index in [9.17, 15) is 13.6 Å². The topological polar surface area (TPSA) is 76.8 Å². The van der Waals surface area contributed by atoms with E-state index in [1.54, 1.807) is 18.3 Å². The van der Waals surface area contributed by atoms with Crippen molar-refractivity contribution in [2.75, 3.05) is 0 Å². The van der Waals surface area contributed by atoms with Gasteiger partial charge in [-0.3, -0.25) is 9.78 Å². The smallest absolute Gasteiger partial charge is 0.256 e. The van der Waals surface area contributed by atoms with Gasteiger partial charge in [-0.15, -0.1) is 0 Å².